The second-order valence-electron chi connectivity index (χ2n) is 4.67. The second-order valence-corrected chi connectivity index (χ2v) is 5.43. The van der Waals surface area contributed by atoms with Crippen LogP contribution in [0, 0.1) is 5.92 Å². The number of rotatable bonds is 4. The van der Waals surface area contributed by atoms with E-state index >= 15 is 0 Å². The Morgan fingerprint density at radius 1 is 1.61 bits per heavy atom. The number of aliphatic hydroxyl groups is 1. The van der Waals surface area contributed by atoms with Gasteiger partial charge in [0.2, 0.25) is 0 Å². The molecule has 1 fully saturated rings. The van der Waals surface area contributed by atoms with E-state index in [9.17, 15) is 4.79 Å². The number of hydrogen-bond acceptors (Lipinski definition) is 5. The number of carbonyl (C=O) groups is 1. The zero-order valence-corrected chi connectivity index (χ0v) is 11.4. The molecule has 0 spiro atoms. The van der Waals surface area contributed by atoms with Crippen molar-refractivity contribution >= 4 is 17.4 Å². The first-order valence-electron chi connectivity index (χ1n) is 6.47. The summed E-state index contributed by atoms with van der Waals surface area (Å²) in [6, 6.07) is 0. The molecule has 0 bridgehead atoms. The molecule has 1 aliphatic rings. The molecule has 0 aliphatic carbocycles. The maximum absolute atomic E-state index is 12.4. The zero-order chi connectivity index (χ0) is 13.0. The van der Waals surface area contributed by atoms with E-state index in [0.717, 1.165) is 44.5 Å². The van der Waals surface area contributed by atoms with E-state index in [4.69, 9.17) is 5.11 Å². The number of piperidine rings is 1. The first-order valence-corrected chi connectivity index (χ1v) is 7.25. The first kappa shape index (κ1) is 13.4. The lowest BCUT2D eigenvalue weighted by molar-refractivity contribution is 0.0657. The molecule has 1 unspecified atom stereocenters. The van der Waals surface area contributed by atoms with Gasteiger partial charge in [-0.05, 0) is 43.1 Å². The molecule has 100 valence electrons. The van der Waals surface area contributed by atoms with E-state index in [1.54, 1.807) is 0 Å². The van der Waals surface area contributed by atoms with Crippen molar-refractivity contribution in [3.05, 3.63) is 10.6 Å². The lowest BCUT2D eigenvalue weighted by Crippen LogP contribution is -2.40. The van der Waals surface area contributed by atoms with Crippen LogP contribution in [0.4, 0.5) is 0 Å². The summed E-state index contributed by atoms with van der Waals surface area (Å²) in [4.78, 5) is 15.0. The Balaban J connectivity index is 2.04. The Hall–Kier alpha value is -1.01. The first-order chi connectivity index (χ1) is 8.76. The van der Waals surface area contributed by atoms with Crippen molar-refractivity contribution in [2.75, 3.05) is 19.7 Å². The topological polar surface area (TPSA) is 66.3 Å². The quantitative estimate of drug-likeness (QED) is 0.895. The highest BCUT2D eigenvalue weighted by atomic mass is 32.1. The van der Waals surface area contributed by atoms with Crippen LogP contribution in [0.25, 0.3) is 0 Å². The van der Waals surface area contributed by atoms with Gasteiger partial charge in [0.05, 0.1) is 5.69 Å². The monoisotopic (exact) mass is 269 g/mol. The number of aromatic nitrogens is 2. The molecular formula is C12H19N3O2S. The molecule has 18 heavy (non-hydrogen) atoms. The lowest BCUT2D eigenvalue weighted by Gasteiger charge is -2.32. The Kier molecular flexibility index (Phi) is 4.66. The summed E-state index contributed by atoms with van der Waals surface area (Å²) in [5, 5.41) is 13.0. The summed E-state index contributed by atoms with van der Waals surface area (Å²) in [5.74, 6) is 0.489. The highest BCUT2D eigenvalue weighted by Crippen LogP contribution is 2.22. The summed E-state index contributed by atoms with van der Waals surface area (Å²) in [6.45, 7) is 3.75. The van der Waals surface area contributed by atoms with E-state index in [2.05, 4.69) is 9.59 Å². The van der Waals surface area contributed by atoms with Gasteiger partial charge in [-0.2, -0.15) is 0 Å². The van der Waals surface area contributed by atoms with Crippen LogP contribution in [0.5, 0.6) is 0 Å². The third-order valence-corrected chi connectivity index (χ3v) is 4.18. The Labute approximate surface area is 111 Å². The molecule has 1 atom stereocenters. The van der Waals surface area contributed by atoms with E-state index in [1.807, 2.05) is 11.8 Å². The summed E-state index contributed by atoms with van der Waals surface area (Å²) in [7, 11) is 0. The number of likely N-dealkylation sites (tertiary alicyclic amines) is 1. The molecule has 1 amide bonds. The van der Waals surface area contributed by atoms with Crippen molar-refractivity contribution in [2.45, 2.75) is 32.6 Å². The van der Waals surface area contributed by atoms with Crippen LogP contribution < -0.4 is 0 Å². The normalized spacial score (nSPS) is 20.1. The maximum atomic E-state index is 12.4. The van der Waals surface area contributed by atoms with Gasteiger partial charge in [0, 0.05) is 19.7 Å². The summed E-state index contributed by atoms with van der Waals surface area (Å²) >= 11 is 1.19. The van der Waals surface area contributed by atoms with E-state index in [-0.39, 0.29) is 12.5 Å². The van der Waals surface area contributed by atoms with Gasteiger partial charge in [-0.25, -0.2) is 0 Å². The molecule has 1 aromatic rings. The van der Waals surface area contributed by atoms with Gasteiger partial charge in [0.25, 0.3) is 5.91 Å². The van der Waals surface area contributed by atoms with Gasteiger partial charge in [0.1, 0.15) is 4.88 Å². The second kappa shape index (κ2) is 6.24. The molecular weight excluding hydrogens is 250 g/mol. The fourth-order valence-corrected chi connectivity index (χ4v) is 3.13. The van der Waals surface area contributed by atoms with Crippen LogP contribution in [-0.2, 0) is 6.42 Å². The van der Waals surface area contributed by atoms with Gasteiger partial charge in [-0.3, -0.25) is 4.79 Å². The van der Waals surface area contributed by atoms with E-state index in [0.29, 0.717) is 10.8 Å². The standard InChI is InChI=1S/C12H19N3O2S/c1-2-10-11(18-14-13-10)12(17)15-6-3-4-9(8-15)5-7-16/h9,16H,2-8H2,1H3. The molecule has 2 heterocycles. The average molecular weight is 269 g/mol. The van der Waals surface area contributed by atoms with Crippen LogP contribution in [-0.4, -0.2) is 45.2 Å². The summed E-state index contributed by atoms with van der Waals surface area (Å²) in [5.41, 5.74) is 0.800. The van der Waals surface area contributed by atoms with Crippen molar-refractivity contribution in [1.82, 2.24) is 14.5 Å². The maximum Gasteiger partial charge on any atom is 0.267 e. The third kappa shape index (κ3) is 2.87. The molecule has 1 aromatic heterocycles. The summed E-state index contributed by atoms with van der Waals surface area (Å²) in [6.07, 6.45) is 3.65. The molecule has 1 aliphatic heterocycles. The van der Waals surface area contributed by atoms with E-state index < -0.39 is 0 Å². The van der Waals surface area contributed by atoms with Gasteiger partial charge in [0.15, 0.2) is 0 Å². The van der Waals surface area contributed by atoms with Gasteiger partial charge in [-0.1, -0.05) is 11.4 Å². The third-order valence-electron chi connectivity index (χ3n) is 3.43. The van der Waals surface area contributed by atoms with Crippen molar-refractivity contribution in [3.63, 3.8) is 0 Å². The molecule has 6 heteroatoms. The predicted molar refractivity (Wildman–Crippen MR) is 69.6 cm³/mol. The Bertz CT molecular complexity index is 406. The Morgan fingerprint density at radius 3 is 3.17 bits per heavy atom. The molecule has 0 saturated carbocycles. The minimum Gasteiger partial charge on any atom is -0.396 e. The zero-order valence-electron chi connectivity index (χ0n) is 10.6. The molecule has 1 saturated heterocycles. The van der Waals surface area contributed by atoms with Crippen molar-refractivity contribution in [3.8, 4) is 0 Å². The van der Waals surface area contributed by atoms with Crippen LogP contribution >= 0.6 is 11.5 Å². The molecule has 0 radical (unpaired) electrons. The Morgan fingerprint density at radius 2 is 2.44 bits per heavy atom. The van der Waals surface area contributed by atoms with E-state index in [1.165, 1.54) is 11.5 Å². The van der Waals surface area contributed by atoms with Crippen molar-refractivity contribution < 1.29 is 9.90 Å². The number of amides is 1. The van der Waals surface area contributed by atoms with Crippen LogP contribution in [0.1, 0.15) is 41.6 Å². The van der Waals surface area contributed by atoms with Crippen LogP contribution in [0.2, 0.25) is 0 Å². The molecule has 2 rings (SSSR count). The van der Waals surface area contributed by atoms with Crippen molar-refractivity contribution in [1.29, 1.82) is 0 Å². The number of aliphatic hydroxyl groups excluding tert-OH is 1. The molecule has 1 N–H and O–H groups in total. The van der Waals surface area contributed by atoms with Gasteiger partial charge >= 0.3 is 0 Å². The highest BCUT2D eigenvalue weighted by Gasteiger charge is 2.26. The average Bonchev–Trinajstić information content (AvgIpc) is 2.87. The summed E-state index contributed by atoms with van der Waals surface area (Å²) < 4.78 is 3.87. The fourth-order valence-electron chi connectivity index (χ4n) is 2.41. The lowest BCUT2D eigenvalue weighted by atomic mass is 9.95. The molecule has 0 aromatic carbocycles. The van der Waals surface area contributed by atoms with Crippen LogP contribution in [0.3, 0.4) is 0 Å². The number of carbonyl (C=O) groups excluding carboxylic acids is 1. The van der Waals surface area contributed by atoms with Gasteiger partial charge in [-0.15, -0.1) is 5.10 Å². The van der Waals surface area contributed by atoms with Crippen molar-refractivity contribution in [2.24, 2.45) is 5.92 Å². The SMILES string of the molecule is CCc1nnsc1C(=O)N1CCCC(CCO)C1. The largest absolute Gasteiger partial charge is 0.396 e. The predicted octanol–water partition coefficient (Wildman–Crippen LogP) is 1.34. The smallest absolute Gasteiger partial charge is 0.267 e. The van der Waals surface area contributed by atoms with Gasteiger partial charge < -0.3 is 10.0 Å². The number of nitrogens with zero attached hydrogens (tertiary/aromatic N) is 3. The number of hydrogen-bond donors (Lipinski definition) is 1. The fraction of sp³-hybridized carbons (Fsp3) is 0.750. The highest BCUT2D eigenvalue weighted by molar-refractivity contribution is 7.08. The number of aryl methyl sites for hydroxylation is 1. The van der Waals surface area contributed by atoms with Crippen LogP contribution in [0.15, 0.2) is 0 Å². The molecule has 5 nitrogen and oxygen atoms in total. The minimum absolute atomic E-state index is 0.0597. The minimum atomic E-state index is 0.0597.